The Labute approximate surface area is 329 Å². The van der Waals surface area contributed by atoms with Gasteiger partial charge in [-0.3, -0.25) is 0 Å². The van der Waals surface area contributed by atoms with Gasteiger partial charge in [0.2, 0.25) is 0 Å². The summed E-state index contributed by atoms with van der Waals surface area (Å²) in [4.78, 5) is 11.8. The molecule has 0 fully saturated rings. The van der Waals surface area contributed by atoms with Gasteiger partial charge in [0.1, 0.15) is 0 Å². The van der Waals surface area contributed by atoms with Crippen LogP contribution in [0.1, 0.15) is 21.6 Å². The third kappa shape index (κ3) is 4.43. The van der Waals surface area contributed by atoms with E-state index in [1.807, 2.05) is 29.5 Å². The van der Waals surface area contributed by atoms with Crippen LogP contribution < -0.4 is 0 Å². The highest BCUT2D eigenvalue weighted by Crippen LogP contribution is 2.66. The summed E-state index contributed by atoms with van der Waals surface area (Å²) >= 11 is 1.95. The monoisotopic (exact) mass is 728 g/mol. The van der Waals surface area contributed by atoms with E-state index in [0.29, 0.717) is 5.82 Å². The zero-order valence-corrected chi connectivity index (χ0v) is 31.1. The normalized spacial score (nSPS) is 13.1. The Bertz CT molecular complexity index is 3160. The van der Waals surface area contributed by atoms with Gasteiger partial charge >= 0.3 is 0 Å². The van der Waals surface area contributed by atoms with E-state index in [2.05, 4.69) is 176 Å². The van der Waals surface area contributed by atoms with Crippen molar-refractivity contribution in [2.75, 3.05) is 0 Å². The van der Waals surface area contributed by atoms with E-state index in [1.54, 1.807) is 0 Å². The largest absolute Gasteiger partial charge is 0.228 e. The minimum absolute atomic E-state index is 0.352. The van der Waals surface area contributed by atoms with Crippen LogP contribution >= 0.6 is 11.3 Å². The van der Waals surface area contributed by atoms with E-state index < -0.39 is 0 Å². The molecule has 260 valence electrons. The maximum absolute atomic E-state index is 5.21. The van der Waals surface area contributed by atoms with Crippen molar-refractivity contribution in [3.63, 3.8) is 0 Å². The van der Waals surface area contributed by atoms with Crippen molar-refractivity contribution in [3.8, 4) is 67.3 Å². The van der Waals surface area contributed by atoms with Crippen LogP contribution in [0.4, 0.5) is 0 Å². The first kappa shape index (κ1) is 31.4. The number of fused-ring (bicyclic) bond motifs is 13. The van der Waals surface area contributed by atoms with Crippen molar-refractivity contribution < 1.29 is 0 Å². The lowest BCUT2D eigenvalue weighted by atomic mass is 9.73. The molecule has 10 aromatic rings. The number of nitrogens with zero attached hydrogens (tertiary/aromatic N) is 2. The number of thiophene rings is 1. The first-order chi connectivity index (χ1) is 27.8. The number of hydrogen-bond donors (Lipinski definition) is 0. The van der Waals surface area contributed by atoms with Crippen molar-refractivity contribution in [2.24, 2.45) is 0 Å². The summed E-state index contributed by atoms with van der Waals surface area (Å²) in [6.45, 7) is 0. The number of rotatable bonds is 4. The molecule has 2 aliphatic rings. The molecule has 0 unspecified atom stereocenters. The van der Waals surface area contributed by atoms with E-state index in [-0.39, 0.29) is 5.41 Å². The van der Waals surface area contributed by atoms with Gasteiger partial charge in [-0.05, 0) is 79.5 Å². The molecule has 2 aliphatic carbocycles. The maximum atomic E-state index is 5.21. The van der Waals surface area contributed by atoms with Crippen LogP contribution in [0.15, 0.2) is 194 Å². The molecular weight excluding hydrogens is 697 g/mol. The lowest BCUT2D eigenvalue weighted by Crippen LogP contribution is -2.24. The Balaban J connectivity index is 1.05. The molecule has 0 saturated carbocycles. The van der Waals surface area contributed by atoms with Crippen LogP contribution in [0.5, 0.6) is 0 Å². The van der Waals surface area contributed by atoms with Crippen LogP contribution in [0.2, 0.25) is 0 Å². The van der Waals surface area contributed by atoms with Crippen molar-refractivity contribution in [3.05, 3.63) is 216 Å². The zero-order valence-electron chi connectivity index (χ0n) is 30.3. The predicted molar refractivity (Wildman–Crippen MR) is 233 cm³/mol. The fourth-order valence-corrected chi connectivity index (χ4v) is 10.9. The van der Waals surface area contributed by atoms with Gasteiger partial charge in [0.25, 0.3) is 0 Å². The molecule has 2 heterocycles. The lowest BCUT2D eigenvalue weighted by molar-refractivity contribution is 0.812. The summed E-state index contributed by atoms with van der Waals surface area (Å²) in [5.74, 6) is 0.716. The highest BCUT2D eigenvalue weighted by molar-refractivity contribution is 7.20. The van der Waals surface area contributed by atoms with E-state index in [9.17, 15) is 0 Å². The second-order valence-corrected chi connectivity index (χ2v) is 15.9. The smallest absolute Gasteiger partial charge is 0.160 e. The highest BCUT2D eigenvalue weighted by atomic mass is 32.1. The van der Waals surface area contributed by atoms with E-state index in [0.717, 1.165) is 33.6 Å². The summed E-state index contributed by atoms with van der Waals surface area (Å²) in [7, 11) is 0. The molecule has 0 saturated heterocycles. The van der Waals surface area contributed by atoms with Crippen LogP contribution in [0.3, 0.4) is 0 Å². The van der Waals surface area contributed by atoms with Gasteiger partial charge in [0.15, 0.2) is 5.82 Å². The lowest BCUT2D eigenvalue weighted by Gasteiger charge is -2.29. The molecule has 56 heavy (non-hydrogen) atoms. The van der Waals surface area contributed by atoms with Gasteiger partial charge in [-0.25, -0.2) is 9.97 Å². The van der Waals surface area contributed by atoms with Crippen molar-refractivity contribution in [1.29, 1.82) is 0 Å². The van der Waals surface area contributed by atoms with Gasteiger partial charge in [0, 0.05) is 37.2 Å². The van der Waals surface area contributed by atoms with Gasteiger partial charge in [-0.2, -0.15) is 0 Å². The summed E-state index contributed by atoms with van der Waals surface area (Å²) in [6.07, 6.45) is 0. The molecule has 12 rings (SSSR count). The highest BCUT2D eigenvalue weighted by Gasteiger charge is 2.53. The van der Waals surface area contributed by atoms with Crippen molar-refractivity contribution in [1.82, 2.24) is 9.97 Å². The topological polar surface area (TPSA) is 25.8 Å². The van der Waals surface area contributed by atoms with Crippen LogP contribution in [-0.2, 0) is 5.41 Å². The average molecular weight is 729 g/mol. The van der Waals surface area contributed by atoms with Gasteiger partial charge in [0.05, 0.1) is 16.8 Å². The summed E-state index contributed by atoms with van der Waals surface area (Å²) < 4.78 is 1.33. The molecule has 2 nitrogen and oxygen atoms in total. The first-order valence-corrected chi connectivity index (χ1v) is 20.0. The Morgan fingerprint density at radius 1 is 0.375 bits per heavy atom. The number of hydrogen-bond acceptors (Lipinski definition) is 3. The second-order valence-electron chi connectivity index (χ2n) is 14.8. The Kier molecular flexibility index (Phi) is 6.75. The predicted octanol–water partition coefficient (Wildman–Crippen LogP) is 13.9. The van der Waals surface area contributed by atoms with Crippen LogP contribution in [-0.4, -0.2) is 9.97 Å². The van der Waals surface area contributed by atoms with Gasteiger partial charge in [-0.15, -0.1) is 11.3 Å². The van der Waals surface area contributed by atoms with Gasteiger partial charge in [-0.1, -0.05) is 170 Å². The van der Waals surface area contributed by atoms with Gasteiger partial charge < -0.3 is 0 Å². The molecule has 0 N–H and O–H groups in total. The van der Waals surface area contributed by atoms with E-state index in [4.69, 9.17) is 9.97 Å². The minimum atomic E-state index is -0.352. The Morgan fingerprint density at radius 3 is 1.80 bits per heavy atom. The molecule has 0 aliphatic heterocycles. The summed E-state index contributed by atoms with van der Waals surface area (Å²) in [5.41, 5.74) is 16.4. The average Bonchev–Trinajstić information content (AvgIpc) is 3.90. The quantitative estimate of drug-likeness (QED) is 0.180. The Morgan fingerprint density at radius 2 is 0.964 bits per heavy atom. The SMILES string of the molecule is c1ccc(-c2nc(-c3cccc(-c4ccc5c(c4)-c4c(sc6ccccc46)C54c5ccccc5-c5ccccc54)c3)cc(-c3cccc4ccccc34)n2)cc1. The number of benzene rings is 8. The number of aromatic nitrogens is 2. The van der Waals surface area contributed by atoms with Crippen LogP contribution in [0, 0.1) is 0 Å². The minimum Gasteiger partial charge on any atom is -0.228 e. The van der Waals surface area contributed by atoms with Crippen LogP contribution in [0.25, 0.3) is 88.1 Å². The molecule has 0 radical (unpaired) electrons. The molecule has 0 amide bonds. The molecule has 2 aromatic heterocycles. The molecule has 0 bridgehead atoms. The first-order valence-electron chi connectivity index (χ1n) is 19.2. The van der Waals surface area contributed by atoms with E-state index in [1.165, 1.54) is 70.2 Å². The fourth-order valence-electron chi connectivity index (χ4n) is 9.48. The third-order valence-corrected chi connectivity index (χ3v) is 13.2. The molecule has 1 spiro atoms. The third-order valence-electron chi connectivity index (χ3n) is 11.9. The standard InChI is InChI=1S/C53H32N2S/c1-2-15-34(16-3-1)52-54-47(32-48(55-52)41-24-13-17-33-14-4-5-20-38(33)41)37-19-12-18-35(30-37)36-28-29-46-43(31-36)50-42-23-8-11-27-49(42)56-51(50)53(46)44-25-9-6-21-39(44)40-22-7-10-26-45(40)53/h1-32H. The van der Waals surface area contributed by atoms with E-state index >= 15 is 0 Å². The fraction of sp³-hybridized carbons (Fsp3) is 0.0189. The molecule has 8 aromatic carbocycles. The summed E-state index contributed by atoms with van der Waals surface area (Å²) in [6, 6.07) is 70.5. The second kappa shape index (κ2) is 12.0. The molecular formula is C53H32N2S. The zero-order chi connectivity index (χ0) is 36.8. The molecule has 3 heteroatoms. The maximum Gasteiger partial charge on any atom is 0.160 e. The van der Waals surface area contributed by atoms with Crippen molar-refractivity contribution >= 4 is 32.2 Å². The van der Waals surface area contributed by atoms with Crippen molar-refractivity contribution in [2.45, 2.75) is 5.41 Å². The Hall–Kier alpha value is -6.94. The summed E-state index contributed by atoms with van der Waals surface area (Å²) in [5, 5.41) is 3.70. The molecule has 0 atom stereocenters.